The van der Waals surface area contributed by atoms with E-state index in [2.05, 4.69) is 10.3 Å². The minimum atomic E-state index is -5.67. The first kappa shape index (κ1) is 29.4. The maximum atomic E-state index is 10.9. The van der Waals surface area contributed by atoms with Crippen LogP contribution in [0.1, 0.15) is 17.3 Å². The molecular formula is C14H16K2N3O7S2+. The molecule has 28 heavy (non-hydrogen) atoms. The van der Waals surface area contributed by atoms with E-state index >= 15 is 0 Å². The molecule has 2 rings (SSSR count). The van der Waals surface area contributed by atoms with Gasteiger partial charge >= 0.3 is 103 Å². The van der Waals surface area contributed by atoms with E-state index in [-0.39, 0.29) is 103 Å². The Hall–Kier alpha value is 1.37. The molecule has 0 fully saturated rings. The smallest absolute Gasteiger partial charge is 0.733 e. The number of hydrogen-bond donors (Lipinski definition) is 2. The monoisotopic (exact) mass is 480 g/mol. The number of nitrogens with two attached hydrogens (primary N) is 1. The van der Waals surface area contributed by atoms with Gasteiger partial charge in [-0.15, -0.1) is 0 Å². The molecule has 0 amide bonds. The van der Waals surface area contributed by atoms with Crippen LogP contribution in [0.3, 0.4) is 0 Å². The Morgan fingerprint density at radius 3 is 1.82 bits per heavy atom. The summed E-state index contributed by atoms with van der Waals surface area (Å²) >= 11 is 0. The van der Waals surface area contributed by atoms with Crippen molar-refractivity contribution in [3.63, 3.8) is 0 Å². The molecule has 1 unspecified atom stereocenters. The Morgan fingerprint density at radius 2 is 1.36 bits per heavy atom. The largest absolute Gasteiger partial charge is 1.00 e. The molecule has 0 aliphatic carbocycles. The topological polar surface area (TPSA) is 156 Å². The van der Waals surface area contributed by atoms with Crippen LogP contribution >= 0.6 is 0 Å². The molecule has 2 aromatic carbocycles. The fourth-order valence-electron chi connectivity index (χ4n) is 2.06. The van der Waals surface area contributed by atoms with Crippen LogP contribution in [0.2, 0.25) is 0 Å². The molecule has 0 spiro atoms. The van der Waals surface area contributed by atoms with Crippen molar-refractivity contribution >= 4 is 20.6 Å². The molecule has 0 aliphatic heterocycles. The molecule has 142 valence electrons. The SMILES string of the molecule is O=S(=O)([O-])N(O[NH2+]C(NCc1ccccc1)c1ccccc1)S(=O)(=O)[O-].[K+].[K+]. The van der Waals surface area contributed by atoms with Gasteiger partial charge < -0.3 is 9.11 Å². The summed E-state index contributed by atoms with van der Waals surface area (Å²) in [4.78, 5) is 4.42. The minimum Gasteiger partial charge on any atom is -0.733 e. The molecular weight excluding hydrogens is 464 g/mol. The van der Waals surface area contributed by atoms with E-state index in [1.54, 1.807) is 30.3 Å². The average Bonchev–Trinajstić information content (AvgIpc) is 2.57. The zero-order valence-electron chi connectivity index (χ0n) is 15.3. The minimum absolute atomic E-state index is 0. The van der Waals surface area contributed by atoms with E-state index in [4.69, 9.17) is 0 Å². The van der Waals surface area contributed by atoms with Crippen molar-refractivity contribution in [3.05, 3.63) is 71.8 Å². The standard InChI is InChI=1S/C14H17N3O7S2.2K/c18-25(19,20)17(26(21,22)23)24-16-14(13-9-5-2-6-10-13)15-11-12-7-3-1-4-8-12;;/h1-10,14-16H,11H2,(H,18,19,20)(H,21,22,23);;/q;2*+1/p-1. The third-order valence-corrected chi connectivity index (χ3v) is 5.17. The summed E-state index contributed by atoms with van der Waals surface area (Å²) in [7, 11) is -11.3. The van der Waals surface area contributed by atoms with Crippen molar-refractivity contribution in [2.75, 3.05) is 0 Å². The first-order chi connectivity index (χ1) is 12.2. The quantitative estimate of drug-likeness (QED) is 0.155. The van der Waals surface area contributed by atoms with Gasteiger partial charge in [-0.05, 0) is 5.56 Å². The molecule has 0 bridgehead atoms. The van der Waals surface area contributed by atoms with Gasteiger partial charge in [0.15, 0.2) is 6.17 Å². The van der Waals surface area contributed by atoms with E-state index in [0.717, 1.165) is 11.0 Å². The molecule has 2 aromatic rings. The van der Waals surface area contributed by atoms with Crippen molar-refractivity contribution in [1.29, 1.82) is 0 Å². The normalized spacial score (nSPS) is 12.7. The predicted molar refractivity (Wildman–Crippen MR) is 86.7 cm³/mol. The second-order valence-corrected chi connectivity index (χ2v) is 7.68. The maximum absolute atomic E-state index is 10.9. The van der Waals surface area contributed by atoms with Gasteiger partial charge in [0, 0.05) is 12.1 Å². The molecule has 0 aromatic heterocycles. The van der Waals surface area contributed by atoms with Crippen LogP contribution in [-0.2, 0) is 32.1 Å². The molecule has 0 aliphatic rings. The van der Waals surface area contributed by atoms with Crippen LogP contribution in [0.25, 0.3) is 0 Å². The molecule has 0 saturated carbocycles. The fourth-order valence-corrected chi connectivity index (χ4v) is 3.26. The number of rotatable bonds is 9. The second-order valence-electron chi connectivity index (χ2n) is 5.08. The number of hydroxylamine groups is 1. The fraction of sp³-hybridized carbons (Fsp3) is 0.143. The summed E-state index contributed by atoms with van der Waals surface area (Å²) in [5.74, 6) is 0. The van der Waals surface area contributed by atoms with Crippen LogP contribution in [0, 0.1) is 0 Å². The summed E-state index contributed by atoms with van der Waals surface area (Å²) < 4.78 is 64.5. The third-order valence-electron chi connectivity index (χ3n) is 3.18. The number of nitrogens with zero attached hydrogens (tertiary/aromatic N) is 1. The van der Waals surface area contributed by atoms with E-state index < -0.39 is 30.6 Å². The zero-order valence-corrected chi connectivity index (χ0v) is 23.1. The zero-order chi connectivity index (χ0) is 19.2. The van der Waals surface area contributed by atoms with Crippen LogP contribution < -0.4 is 114 Å². The average molecular weight is 481 g/mol. The Balaban J connectivity index is 0.00000364. The first-order valence-electron chi connectivity index (χ1n) is 7.22. The van der Waals surface area contributed by atoms with Gasteiger partial charge in [-0.2, -0.15) is 5.48 Å². The Morgan fingerprint density at radius 1 is 0.893 bits per heavy atom. The number of hydrogen-bond acceptors (Lipinski definition) is 8. The van der Waals surface area contributed by atoms with E-state index in [1.165, 1.54) is 0 Å². The summed E-state index contributed by atoms with van der Waals surface area (Å²) in [6.07, 6.45) is -0.803. The van der Waals surface area contributed by atoms with Crippen molar-refractivity contribution in [2.24, 2.45) is 0 Å². The van der Waals surface area contributed by atoms with Gasteiger partial charge in [0.1, 0.15) is 0 Å². The van der Waals surface area contributed by atoms with E-state index in [1.807, 2.05) is 30.3 Å². The van der Waals surface area contributed by atoms with Gasteiger partial charge in [0.25, 0.3) is 0 Å². The van der Waals surface area contributed by atoms with Crippen molar-refractivity contribution < 1.29 is 139 Å². The van der Waals surface area contributed by atoms with Crippen LogP contribution in [-0.4, -0.2) is 29.8 Å². The van der Waals surface area contributed by atoms with Gasteiger partial charge in [0.05, 0.1) is 3.87 Å². The van der Waals surface area contributed by atoms with Crippen LogP contribution in [0.15, 0.2) is 60.7 Å². The van der Waals surface area contributed by atoms with Crippen molar-refractivity contribution in [2.45, 2.75) is 12.7 Å². The number of nitrogens with one attached hydrogen (secondary N) is 1. The molecule has 14 heteroatoms. The summed E-state index contributed by atoms with van der Waals surface area (Å²) in [5.41, 5.74) is 2.24. The molecule has 10 nitrogen and oxygen atoms in total. The number of quaternary nitrogens is 1. The molecule has 0 saturated heterocycles. The van der Waals surface area contributed by atoms with Gasteiger partial charge in [-0.3, -0.25) is 5.32 Å². The van der Waals surface area contributed by atoms with Gasteiger partial charge in [-0.1, -0.05) is 65.6 Å². The summed E-state index contributed by atoms with van der Waals surface area (Å²) in [5, 5.41) is 3.01. The first-order valence-corrected chi connectivity index (χ1v) is 9.95. The second kappa shape index (κ2) is 13.7. The van der Waals surface area contributed by atoms with E-state index in [9.17, 15) is 25.9 Å². The third kappa shape index (κ3) is 10.1. The van der Waals surface area contributed by atoms with Crippen LogP contribution in [0.4, 0.5) is 0 Å². The molecule has 0 heterocycles. The van der Waals surface area contributed by atoms with Gasteiger partial charge in [-0.25, -0.2) is 16.8 Å². The molecule has 3 N–H and O–H groups in total. The predicted octanol–water partition coefficient (Wildman–Crippen LogP) is -6.88. The summed E-state index contributed by atoms with van der Waals surface area (Å²) in [6.45, 7) is 0.328. The molecule has 0 radical (unpaired) electrons. The Labute approximate surface area is 248 Å². The van der Waals surface area contributed by atoms with E-state index in [0.29, 0.717) is 12.1 Å². The van der Waals surface area contributed by atoms with Gasteiger partial charge in [0.2, 0.25) is 20.6 Å². The Kier molecular flexibility index (Phi) is 14.4. The Bertz CT molecular complexity index is 884. The van der Waals surface area contributed by atoms with Crippen molar-refractivity contribution in [1.82, 2.24) is 9.19 Å². The molecule has 1 atom stereocenters. The maximum Gasteiger partial charge on any atom is 1.00 e. The summed E-state index contributed by atoms with van der Waals surface area (Å²) in [6, 6.07) is 17.7. The number of benzene rings is 2. The van der Waals surface area contributed by atoms with Crippen LogP contribution in [0.5, 0.6) is 0 Å². The van der Waals surface area contributed by atoms with Crippen molar-refractivity contribution in [3.8, 4) is 0 Å².